The highest BCUT2D eigenvalue weighted by molar-refractivity contribution is 5.80. The molecule has 0 unspecified atom stereocenters. The molecule has 0 fully saturated rings. The Kier molecular flexibility index (Phi) is 6.77. The minimum atomic E-state index is -4.38. The number of hydrogen-bond acceptors (Lipinski definition) is 2. The van der Waals surface area contributed by atoms with Crippen molar-refractivity contribution in [2.45, 2.75) is 25.6 Å². The van der Waals surface area contributed by atoms with Crippen molar-refractivity contribution in [3.63, 3.8) is 0 Å². The maximum Gasteiger partial charge on any atom is 0.416 e. The number of amides is 2. The molecular formula is C19H19F3N2O2. The minimum absolute atomic E-state index is 0.0984. The lowest BCUT2D eigenvalue weighted by Crippen LogP contribution is -2.31. The van der Waals surface area contributed by atoms with Gasteiger partial charge in [0.1, 0.15) is 0 Å². The molecule has 26 heavy (non-hydrogen) atoms. The molecule has 0 atom stereocenters. The third-order valence-electron chi connectivity index (χ3n) is 3.65. The Labute approximate surface area is 149 Å². The predicted molar refractivity (Wildman–Crippen MR) is 91.1 cm³/mol. The van der Waals surface area contributed by atoms with E-state index in [2.05, 4.69) is 10.6 Å². The Morgan fingerprint density at radius 1 is 0.808 bits per heavy atom. The summed E-state index contributed by atoms with van der Waals surface area (Å²) in [6.07, 6.45) is -4.03. The molecule has 0 heterocycles. The Balaban J connectivity index is 1.66. The van der Waals surface area contributed by atoms with Crippen LogP contribution < -0.4 is 10.6 Å². The van der Waals surface area contributed by atoms with Crippen molar-refractivity contribution in [2.24, 2.45) is 0 Å². The van der Waals surface area contributed by atoms with Gasteiger partial charge in [-0.15, -0.1) is 0 Å². The molecule has 138 valence electrons. The molecule has 2 N–H and O–H groups in total. The zero-order chi connectivity index (χ0) is 19.0. The second-order valence-electron chi connectivity index (χ2n) is 5.73. The molecule has 0 saturated heterocycles. The average Bonchev–Trinajstić information content (AvgIpc) is 2.60. The largest absolute Gasteiger partial charge is 0.416 e. The van der Waals surface area contributed by atoms with E-state index in [1.807, 2.05) is 30.3 Å². The number of rotatable bonds is 7. The van der Waals surface area contributed by atoms with Crippen LogP contribution in [0.15, 0.2) is 54.6 Å². The summed E-state index contributed by atoms with van der Waals surface area (Å²) in [5, 5.41) is 5.27. The van der Waals surface area contributed by atoms with Crippen LogP contribution in [-0.2, 0) is 28.7 Å². The summed E-state index contributed by atoms with van der Waals surface area (Å²) in [5.74, 6) is -0.461. The Hall–Kier alpha value is -2.83. The number of halogens is 3. The quantitative estimate of drug-likeness (QED) is 0.793. The van der Waals surface area contributed by atoms with Crippen LogP contribution in [0.3, 0.4) is 0 Å². The summed E-state index contributed by atoms with van der Waals surface area (Å²) in [6.45, 7) is 0.333. The van der Waals surface area contributed by atoms with E-state index in [4.69, 9.17) is 0 Å². The second kappa shape index (κ2) is 9.03. The molecule has 2 amide bonds. The van der Waals surface area contributed by atoms with E-state index in [0.29, 0.717) is 5.56 Å². The number of carbonyl (C=O) groups excluding carboxylic acids is 2. The van der Waals surface area contributed by atoms with Gasteiger partial charge in [-0.1, -0.05) is 42.5 Å². The van der Waals surface area contributed by atoms with Crippen molar-refractivity contribution < 1.29 is 22.8 Å². The molecule has 4 nitrogen and oxygen atoms in total. The molecule has 2 aromatic carbocycles. The summed E-state index contributed by atoms with van der Waals surface area (Å²) < 4.78 is 37.4. The van der Waals surface area contributed by atoms with Crippen LogP contribution in [0.4, 0.5) is 13.2 Å². The Morgan fingerprint density at radius 3 is 2.08 bits per heavy atom. The van der Waals surface area contributed by atoms with Crippen molar-refractivity contribution in [3.8, 4) is 0 Å². The van der Waals surface area contributed by atoms with Gasteiger partial charge in [-0.25, -0.2) is 0 Å². The van der Waals surface area contributed by atoms with E-state index in [1.165, 1.54) is 12.1 Å². The Bertz CT molecular complexity index is 729. The third kappa shape index (κ3) is 6.58. The van der Waals surface area contributed by atoms with Gasteiger partial charge in [-0.2, -0.15) is 13.2 Å². The minimum Gasteiger partial charge on any atom is -0.355 e. The monoisotopic (exact) mass is 364 g/mol. The second-order valence-corrected chi connectivity index (χ2v) is 5.73. The number of hydrogen-bond donors (Lipinski definition) is 2. The smallest absolute Gasteiger partial charge is 0.355 e. The van der Waals surface area contributed by atoms with Crippen LogP contribution in [0.5, 0.6) is 0 Å². The topological polar surface area (TPSA) is 58.2 Å². The molecule has 2 rings (SSSR count). The lowest BCUT2D eigenvalue weighted by molar-refractivity contribution is -0.137. The molecule has 0 saturated carbocycles. The van der Waals surface area contributed by atoms with E-state index in [1.54, 1.807) is 0 Å². The maximum atomic E-state index is 12.5. The fraction of sp³-hybridized carbons (Fsp3) is 0.263. The first-order valence-electron chi connectivity index (χ1n) is 8.08. The van der Waals surface area contributed by atoms with Gasteiger partial charge in [0.2, 0.25) is 11.8 Å². The van der Waals surface area contributed by atoms with Gasteiger partial charge in [0.15, 0.2) is 0 Å². The third-order valence-corrected chi connectivity index (χ3v) is 3.65. The van der Waals surface area contributed by atoms with Gasteiger partial charge in [-0.05, 0) is 23.3 Å². The molecule has 0 aliphatic heterocycles. The molecule has 2 aromatic rings. The van der Waals surface area contributed by atoms with Crippen molar-refractivity contribution in [2.75, 3.05) is 6.54 Å². The molecule has 0 bridgehead atoms. The van der Waals surface area contributed by atoms with Crippen LogP contribution in [0, 0.1) is 0 Å². The molecule has 0 aromatic heterocycles. The van der Waals surface area contributed by atoms with Gasteiger partial charge in [0.05, 0.1) is 12.0 Å². The average molecular weight is 364 g/mol. The lowest BCUT2D eigenvalue weighted by atomic mass is 10.1. The van der Waals surface area contributed by atoms with Crippen molar-refractivity contribution in [1.82, 2.24) is 10.6 Å². The van der Waals surface area contributed by atoms with Crippen LogP contribution >= 0.6 is 0 Å². The first-order valence-corrected chi connectivity index (χ1v) is 8.08. The first kappa shape index (κ1) is 19.5. The van der Waals surface area contributed by atoms with Crippen molar-refractivity contribution in [3.05, 3.63) is 71.3 Å². The van der Waals surface area contributed by atoms with Gasteiger partial charge in [0, 0.05) is 19.5 Å². The molecule has 0 spiro atoms. The molecule has 7 heteroatoms. The summed E-state index contributed by atoms with van der Waals surface area (Å²) in [6, 6.07) is 13.8. The number of benzene rings is 2. The molecular weight excluding hydrogens is 345 g/mol. The summed E-state index contributed by atoms with van der Waals surface area (Å²) >= 11 is 0. The molecule has 0 radical (unpaired) electrons. The molecule has 0 aliphatic rings. The normalized spacial score (nSPS) is 11.0. The highest BCUT2D eigenvalue weighted by Gasteiger charge is 2.29. The van der Waals surface area contributed by atoms with Gasteiger partial charge >= 0.3 is 6.18 Å². The van der Waals surface area contributed by atoms with Crippen LogP contribution in [0.1, 0.15) is 23.1 Å². The van der Waals surface area contributed by atoms with Gasteiger partial charge in [-0.3, -0.25) is 9.59 Å². The number of nitrogens with one attached hydrogen (secondary N) is 2. The van der Waals surface area contributed by atoms with E-state index < -0.39 is 11.7 Å². The summed E-state index contributed by atoms with van der Waals surface area (Å²) in [5.41, 5.74) is 0.727. The summed E-state index contributed by atoms with van der Waals surface area (Å²) in [4.78, 5) is 23.5. The standard InChI is InChI=1S/C19H19F3N2O2/c20-19(21,22)16-8-6-15(7-9-16)13-24-17(25)10-11-23-18(26)12-14-4-2-1-3-5-14/h1-9H,10-13H2,(H,23,26)(H,24,25). The highest BCUT2D eigenvalue weighted by atomic mass is 19.4. The van der Waals surface area contributed by atoms with Crippen LogP contribution in [0.25, 0.3) is 0 Å². The first-order chi connectivity index (χ1) is 12.3. The maximum absolute atomic E-state index is 12.5. The van der Waals surface area contributed by atoms with E-state index in [9.17, 15) is 22.8 Å². The van der Waals surface area contributed by atoms with Crippen LogP contribution in [0.2, 0.25) is 0 Å². The number of alkyl halides is 3. The van der Waals surface area contributed by atoms with Gasteiger partial charge in [0.25, 0.3) is 0 Å². The zero-order valence-corrected chi connectivity index (χ0v) is 14.0. The van der Waals surface area contributed by atoms with E-state index in [0.717, 1.165) is 17.7 Å². The predicted octanol–water partition coefficient (Wildman–Crippen LogP) is 3.07. The fourth-order valence-corrected chi connectivity index (χ4v) is 2.26. The fourth-order valence-electron chi connectivity index (χ4n) is 2.26. The lowest BCUT2D eigenvalue weighted by Gasteiger charge is -2.09. The number of carbonyl (C=O) groups is 2. The van der Waals surface area contributed by atoms with E-state index >= 15 is 0 Å². The van der Waals surface area contributed by atoms with Crippen molar-refractivity contribution >= 4 is 11.8 Å². The van der Waals surface area contributed by atoms with Gasteiger partial charge < -0.3 is 10.6 Å². The summed E-state index contributed by atoms with van der Waals surface area (Å²) in [7, 11) is 0. The Morgan fingerprint density at radius 2 is 1.46 bits per heavy atom. The highest BCUT2D eigenvalue weighted by Crippen LogP contribution is 2.28. The zero-order valence-electron chi connectivity index (χ0n) is 14.0. The van der Waals surface area contributed by atoms with Crippen molar-refractivity contribution in [1.29, 1.82) is 0 Å². The van der Waals surface area contributed by atoms with Crippen LogP contribution in [-0.4, -0.2) is 18.4 Å². The molecule has 0 aliphatic carbocycles. The van der Waals surface area contributed by atoms with E-state index in [-0.39, 0.29) is 37.7 Å². The SMILES string of the molecule is O=C(CCNC(=O)Cc1ccccc1)NCc1ccc(C(F)(F)F)cc1.